The molecule has 25 heavy (non-hydrogen) atoms. The summed E-state index contributed by atoms with van der Waals surface area (Å²) in [5.41, 5.74) is 0. The molecular formula is C7H3F13O4S. The van der Waals surface area contributed by atoms with Gasteiger partial charge in [0.2, 0.25) is 0 Å². The zero-order chi connectivity index (χ0) is 20.9. The zero-order valence-corrected chi connectivity index (χ0v) is 11.5. The molecule has 0 unspecified atom stereocenters. The third-order valence-corrected chi connectivity index (χ3v) is 3.38. The average molecular weight is 430 g/mol. The summed E-state index contributed by atoms with van der Waals surface area (Å²) in [6.07, 6.45) is -6.92. The van der Waals surface area contributed by atoms with E-state index in [2.05, 4.69) is 4.74 Å². The first-order valence-electron chi connectivity index (χ1n) is 5.00. The van der Waals surface area contributed by atoms with Crippen LogP contribution in [-0.4, -0.2) is 54.9 Å². The van der Waals surface area contributed by atoms with E-state index in [4.69, 9.17) is 4.55 Å². The maximum Gasteiger partial charge on any atom is 0.438 e. The Kier molecular flexibility index (Phi) is 5.75. The van der Waals surface area contributed by atoms with Crippen molar-refractivity contribution in [1.29, 1.82) is 0 Å². The average Bonchev–Trinajstić information content (AvgIpc) is 2.35. The predicted molar refractivity (Wildman–Crippen MR) is 48.3 cm³/mol. The standard InChI is InChI=1S/C7H3F13O4S/c8-1-24-6(17,18)4(13,14)2(9,10)3(11,12)5(15,16)7(19,20)25(21,22)23/h1H2,(H,21,22,23). The summed E-state index contributed by atoms with van der Waals surface area (Å²) in [7, 11) is -7.61. The molecule has 0 rings (SSSR count). The normalized spacial score (nSPS) is 16.2. The molecule has 4 nitrogen and oxygen atoms in total. The first kappa shape index (κ1) is 24.0. The number of ether oxygens (including phenoxy) is 1. The third-order valence-electron chi connectivity index (χ3n) is 2.47. The molecule has 0 aliphatic carbocycles. The van der Waals surface area contributed by atoms with Crippen LogP contribution in [0.3, 0.4) is 0 Å². The van der Waals surface area contributed by atoms with Gasteiger partial charge in [0, 0.05) is 0 Å². The summed E-state index contributed by atoms with van der Waals surface area (Å²) in [4.78, 5) is 0. The fourth-order valence-corrected chi connectivity index (χ4v) is 1.53. The van der Waals surface area contributed by atoms with Crippen molar-refractivity contribution >= 4 is 10.1 Å². The number of halogens is 13. The molecule has 1 N–H and O–H groups in total. The van der Waals surface area contributed by atoms with Crippen LogP contribution in [-0.2, 0) is 14.9 Å². The molecule has 0 heterocycles. The minimum Gasteiger partial charge on any atom is -0.283 e. The Morgan fingerprint density at radius 2 is 1.00 bits per heavy atom. The van der Waals surface area contributed by atoms with Gasteiger partial charge in [-0.1, -0.05) is 0 Å². The van der Waals surface area contributed by atoms with Gasteiger partial charge in [-0.3, -0.25) is 9.29 Å². The number of hydrogen-bond donors (Lipinski definition) is 1. The van der Waals surface area contributed by atoms with E-state index in [0.717, 1.165) is 0 Å². The molecule has 0 fully saturated rings. The van der Waals surface area contributed by atoms with Crippen LogP contribution >= 0.6 is 0 Å². The van der Waals surface area contributed by atoms with Gasteiger partial charge in [0.05, 0.1) is 0 Å². The second kappa shape index (κ2) is 6.00. The maximum atomic E-state index is 13.0. The van der Waals surface area contributed by atoms with Crippen molar-refractivity contribution in [3.63, 3.8) is 0 Å². The smallest absolute Gasteiger partial charge is 0.283 e. The quantitative estimate of drug-likeness (QED) is 0.473. The van der Waals surface area contributed by atoms with E-state index in [1.54, 1.807) is 0 Å². The molecule has 152 valence electrons. The van der Waals surface area contributed by atoms with Gasteiger partial charge in [-0.2, -0.15) is 61.1 Å². The third kappa shape index (κ3) is 3.11. The van der Waals surface area contributed by atoms with Crippen LogP contribution in [0.1, 0.15) is 0 Å². The molecule has 18 heteroatoms. The summed E-state index contributed by atoms with van der Waals surface area (Å²) >= 11 is 0. The van der Waals surface area contributed by atoms with Gasteiger partial charge >= 0.3 is 45.2 Å². The van der Waals surface area contributed by atoms with E-state index in [1.807, 2.05) is 0 Å². The second-order valence-corrected chi connectivity index (χ2v) is 5.52. The van der Waals surface area contributed by atoms with Gasteiger partial charge in [-0.05, 0) is 0 Å². The number of rotatable bonds is 8. The van der Waals surface area contributed by atoms with E-state index < -0.39 is 52.0 Å². The van der Waals surface area contributed by atoms with Crippen LogP contribution in [0.4, 0.5) is 57.1 Å². The lowest BCUT2D eigenvalue weighted by Gasteiger charge is -2.39. The molecule has 0 amide bonds. The summed E-state index contributed by atoms with van der Waals surface area (Å²) in [6.45, 7) is -3.03. The van der Waals surface area contributed by atoms with Crippen LogP contribution < -0.4 is 0 Å². The van der Waals surface area contributed by atoms with Crippen LogP contribution in [0.2, 0.25) is 0 Å². The van der Waals surface area contributed by atoms with Crippen molar-refractivity contribution in [2.75, 3.05) is 6.86 Å². The highest BCUT2D eigenvalue weighted by atomic mass is 32.2. The predicted octanol–water partition coefficient (Wildman–Crippen LogP) is 3.54. The summed E-state index contributed by atoms with van der Waals surface area (Å²) < 4.78 is 195. The van der Waals surface area contributed by atoms with Crippen LogP contribution in [0, 0.1) is 0 Å². The van der Waals surface area contributed by atoms with Crippen LogP contribution in [0.25, 0.3) is 0 Å². The minimum atomic E-state index is -8.22. The highest BCUT2D eigenvalue weighted by Crippen LogP contribution is 2.60. The van der Waals surface area contributed by atoms with Crippen molar-refractivity contribution in [2.24, 2.45) is 0 Å². The monoisotopic (exact) mass is 430 g/mol. The minimum absolute atomic E-state index is 2.08. The molecule has 0 spiro atoms. The molecule has 0 aromatic carbocycles. The van der Waals surface area contributed by atoms with Gasteiger partial charge in [-0.25, -0.2) is 4.39 Å². The van der Waals surface area contributed by atoms with Gasteiger partial charge in [0.25, 0.3) is 0 Å². The summed E-state index contributed by atoms with van der Waals surface area (Å²) in [6, 6.07) is 0. The Balaban J connectivity index is 6.49. The first-order valence-corrected chi connectivity index (χ1v) is 6.44. The first-order chi connectivity index (χ1) is 10.6. The van der Waals surface area contributed by atoms with E-state index in [9.17, 15) is 65.5 Å². The highest BCUT2D eigenvalue weighted by Gasteiger charge is 2.92. The Labute approximate surface area is 128 Å². The second-order valence-electron chi connectivity index (χ2n) is 4.06. The summed E-state index contributed by atoms with van der Waals surface area (Å²) in [5, 5.41) is -7.51. The Hall–Kier alpha value is -1.04. The Morgan fingerprint density at radius 1 is 0.680 bits per heavy atom. The van der Waals surface area contributed by atoms with E-state index in [0.29, 0.717) is 0 Å². The maximum absolute atomic E-state index is 13.0. The van der Waals surface area contributed by atoms with Gasteiger partial charge in [0.15, 0.2) is 6.86 Å². The molecule has 0 bridgehead atoms. The van der Waals surface area contributed by atoms with Gasteiger partial charge in [-0.15, -0.1) is 0 Å². The lowest BCUT2D eigenvalue weighted by molar-refractivity contribution is -0.456. The Bertz CT molecular complexity index is 597. The molecule has 0 saturated carbocycles. The largest absolute Gasteiger partial charge is 0.438 e. The Morgan fingerprint density at radius 3 is 1.28 bits per heavy atom. The molecule has 0 saturated heterocycles. The van der Waals surface area contributed by atoms with Gasteiger partial charge < -0.3 is 0 Å². The molecule has 0 radical (unpaired) electrons. The van der Waals surface area contributed by atoms with Crippen molar-refractivity contribution in [3.05, 3.63) is 0 Å². The van der Waals surface area contributed by atoms with E-state index >= 15 is 0 Å². The van der Waals surface area contributed by atoms with Crippen LogP contribution in [0.5, 0.6) is 0 Å². The lowest BCUT2D eigenvalue weighted by Crippen LogP contribution is -2.71. The van der Waals surface area contributed by atoms with Crippen LogP contribution in [0.15, 0.2) is 0 Å². The van der Waals surface area contributed by atoms with Crippen molar-refractivity contribution in [1.82, 2.24) is 0 Å². The number of hydrogen-bond acceptors (Lipinski definition) is 3. The lowest BCUT2D eigenvalue weighted by atomic mass is 9.98. The molecule has 0 aromatic heterocycles. The topological polar surface area (TPSA) is 63.6 Å². The molecule has 0 atom stereocenters. The molecule has 0 aliphatic heterocycles. The fraction of sp³-hybridized carbons (Fsp3) is 1.00. The zero-order valence-electron chi connectivity index (χ0n) is 10.7. The summed E-state index contributed by atoms with van der Waals surface area (Å²) in [5.74, 6) is -32.1. The highest BCUT2D eigenvalue weighted by molar-refractivity contribution is 7.87. The van der Waals surface area contributed by atoms with Gasteiger partial charge in [0.1, 0.15) is 0 Å². The van der Waals surface area contributed by atoms with Crippen molar-refractivity contribution in [3.8, 4) is 0 Å². The van der Waals surface area contributed by atoms with Crippen molar-refractivity contribution in [2.45, 2.75) is 35.1 Å². The van der Waals surface area contributed by atoms with Crippen molar-refractivity contribution < 1.29 is 74.8 Å². The molecular weight excluding hydrogens is 427 g/mol. The van der Waals surface area contributed by atoms with E-state index in [-0.39, 0.29) is 0 Å². The SMILES string of the molecule is O=S(=O)(O)C(F)(F)C(F)(F)C(F)(F)C(F)(F)C(F)(F)C(F)(F)OCF. The van der Waals surface area contributed by atoms with E-state index in [1.165, 1.54) is 0 Å². The number of alkyl halides is 13. The fourth-order valence-electron chi connectivity index (χ4n) is 1.08. The molecule has 0 aromatic rings. The molecule has 0 aliphatic rings.